The Morgan fingerprint density at radius 3 is 2.87 bits per heavy atom. The number of carbonyl (C=O) groups is 1. The number of methoxy groups -OCH3 is 1. The van der Waals surface area contributed by atoms with E-state index in [1.807, 2.05) is 6.92 Å². The van der Waals surface area contributed by atoms with Crippen molar-refractivity contribution in [1.82, 2.24) is 4.90 Å². The Hall–Kier alpha value is -0.410. The maximum atomic E-state index is 11.3. The Labute approximate surface area is 92.8 Å². The molecule has 0 aromatic heterocycles. The van der Waals surface area contributed by atoms with Crippen LogP contribution in [-0.4, -0.2) is 44.0 Å². The number of likely N-dealkylation sites (tertiary alicyclic amines) is 1. The van der Waals surface area contributed by atoms with Gasteiger partial charge in [0.05, 0.1) is 0 Å². The van der Waals surface area contributed by atoms with Gasteiger partial charge in [-0.15, -0.1) is 0 Å². The van der Waals surface area contributed by atoms with E-state index in [2.05, 4.69) is 4.90 Å². The van der Waals surface area contributed by atoms with Gasteiger partial charge in [-0.3, -0.25) is 4.79 Å². The SMILES string of the molecule is COCCCCCN1CCC(=O)C(C)C1. The van der Waals surface area contributed by atoms with Crippen molar-refractivity contribution in [1.29, 1.82) is 0 Å². The molecule has 1 aliphatic heterocycles. The smallest absolute Gasteiger partial charge is 0.138 e. The number of ketones is 1. The van der Waals surface area contributed by atoms with Crippen LogP contribution in [0.15, 0.2) is 0 Å². The molecular weight excluding hydrogens is 190 g/mol. The molecule has 15 heavy (non-hydrogen) atoms. The fourth-order valence-electron chi connectivity index (χ4n) is 2.06. The highest BCUT2D eigenvalue weighted by Gasteiger charge is 2.22. The van der Waals surface area contributed by atoms with E-state index >= 15 is 0 Å². The minimum Gasteiger partial charge on any atom is -0.385 e. The first kappa shape index (κ1) is 12.7. The molecule has 0 aromatic carbocycles. The van der Waals surface area contributed by atoms with Crippen molar-refractivity contribution in [3.63, 3.8) is 0 Å². The molecule has 0 amide bonds. The van der Waals surface area contributed by atoms with Crippen molar-refractivity contribution in [2.45, 2.75) is 32.6 Å². The minimum atomic E-state index is 0.248. The molecule has 3 nitrogen and oxygen atoms in total. The van der Waals surface area contributed by atoms with Crippen LogP contribution in [0.4, 0.5) is 0 Å². The highest BCUT2D eigenvalue weighted by Crippen LogP contribution is 2.12. The number of nitrogens with zero attached hydrogens (tertiary/aromatic N) is 1. The number of piperidine rings is 1. The van der Waals surface area contributed by atoms with Crippen LogP contribution >= 0.6 is 0 Å². The van der Waals surface area contributed by atoms with Crippen molar-refractivity contribution in [2.75, 3.05) is 33.4 Å². The molecule has 1 saturated heterocycles. The van der Waals surface area contributed by atoms with Crippen LogP contribution in [0.1, 0.15) is 32.6 Å². The van der Waals surface area contributed by atoms with Gasteiger partial charge in [-0.05, 0) is 25.8 Å². The first-order valence-electron chi connectivity index (χ1n) is 5.98. The molecule has 1 atom stereocenters. The van der Waals surface area contributed by atoms with Crippen LogP contribution in [0, 0.1) is 5.92 Å². The van der Waals surface area contributed by atoms with Crippen molar-refractivity contribution < 1.29 is 9.53 Å². The van der Waals surface area contributed by atoms with E-state index in [0.717, 1.165) is 39.1 Å². The zero-order chi connectivity index (χ0) is 11.1. The molecule has 1 rings (SSSR count). The highest BCUT2D eigenvalue weighted by molar-refractivity contribution is 5.81. The van der Waals surface area contributed by atoms with E-state index in [1.165, 1.54) is 12.8 Å². The molecule has 1 heterocycles. The average molecular weight is 213 g/mol. The van der Waals surface area contributed by atoms with Crippen molar-refractivity contribution >= 4 is 5.78 Å². The van der Waals surface area contributed by atoms with Crippen LogP contribution in [0.5, 0.6) is 0 Å². The van der Waals surface area contributed by atoms with E-state index in [-0.39, 0.29) is 5.92 Å². The maximum absolute atomic E-state index is 11.3. The van der Waals surface area contributed by atoms with E-state index in [4.69, 9.17) is 4.74 Å². The Balaban J connectivity index is 2.04. The number of unbranched alkanes of at least 4 members (excludes halogenated alkanes) is 2. The summed E-state index contributed by atoms with van der Waals surface area (Å²) in [5.41, 5.74) is 0. The molecule has 0 bridgehead atoms. The summed E-state index contributed by atoms with van der Waals surface area (Å²) in [7, 11) is 1.75. The summed E-state index contributed by atoms with van der Waals surface area (Å²) in [6, 6.07) is 0. The topological polar surface area (TPSA) is 29.5 Å². The van der Waals surface area contributed by atoms with Crippen LogP contribution in [0.3, 0.4) is 0 Å². The lowest BCUT2D eigenvalue weighted by atomic mass is 9.98. The molecule has 0 saturated carbocycles. The average Bonchev–Trinajstić information content (AvgIpc) is 2.23. The molecule has 0 radical (unpaired) electrons. The van der Waals surface area contributed by atoms with E-state index in [9.17, 15) is 4.79 Å². The van der Waals surface area contributed by atoms with Crippen molar-refractivity contribution in [2.24, 2.45) is 5.92 Å². The molecule has 1 fully saturated rings. The molecule has 88 valence electrons. The van der Waals surface area contributed by atoms with Gasteiger partial charge in [0.15, 0.2) is 0 Å². The number of Topliss-reactive ketones (excluding diaryl/α,β-unsaturated/α-hetero) is 1. The van der Waals surface area contributed by atoms with Crippen molar-refractivity contribution in [3.8, 4) is 0 Å². The van der Waals surface area contributed by atoms with Gasteiger partial charge in [-0.2, -0.15) is 0 Å². The highest BCUT2D eigenvalue weighted by atomic mass is 16.5. The van der Waals surface area contributed by atoms with Gasteiger partial charge in [-0.25, -0.2) is 0 Å². The Morgan fingerprint density at radius 2 is 2.20 bits per heavy atom. The summed E-state index contributed by atoms with van der Waals surface area (Å²) in [5.74, 6) is 0.684. The Bertz CT molecular complexity index is 194. The lowest BCUT2D eigenvalue weighted by Gasteiger charge is -2.29. The lowest BCUT2D eigenvalue weighted by molar-refractivity contribution is -0.125. The van der Waals surface area contributed by atoms with Crippen LogP contribution in [0.2, 0.25) is 0 Å². The minimum absolute atomic E-state index is 0.248. The van der Waals surface area contributed by atoms with E-state index < -0.39 is 0 Å². The monoisotopic (exact) mass is 213 g/mol. The van der Waals surface area contributed by atoms with Gasteiger partial charge in [0.25, 0.3) is 0 Å². The normalized spacial score (nSPS) is 23.3. The molecule has 0 aromatic rings. The fraction of sp³-hybridized carbons (Fsp3) is 0.917. The molecule has 3 heteroatoms. The summed E-state index contributed by atoms with van der Waals surface area (Å²) >= 11 is 0. The summed E-state index contributed by atoms with van der Waals surface area (Å²) in [5, 5.41) is 0. The summed E-state index contributed by atoms with van der Waals surface area (Å²) in [6.45, 7) is 5.98. The van der Waals surface area contributed by atoms with Crippen LogP contribution in [0.25, 0.3) is 0 Å². The first-order valence-corrected chi connectivity index (χ1v) is 5.98. The second-order valence-electron chi connectivity index (χ2n) is 4.47. The molecular formula is C12H23NO2. The zero-order valence-corrected chi connectivity index (χ0v) is 10.00. The largest absolute Gasteiger partial charge is 0.385 e. The molecule has 1 unspecified atom stereocenters. The summed E-state index contributed by atoms with van der Waals surface area (Å²) < 4.78 is 5.01. The predicted octanol–water partition coefficient (Wildman–Crippen LogP) is 1.71. The molecule has 1 aliphatic rings. The third-order valence-corrected chi connectivity index (χ3v) is 3.08. The number of hydrogen-bond acceptors (Lipinski definition) is 3. The van der Waals surface area contributed by atoms with Crippen LogP contribution in [-0.2, 0) is 9.53 Å². The van der Waals surface area contributed by atoms with Gasteiger partial charge in [0.1, 0.15) is 5.78 Å². The van der Waals surface area contributed by atoms with E-state index in [0.29, 0.717) is 5.78 Å². The Kier molecular flexibility index (Phi) is 5.88. The van der Waals surface area contributed by atoms with Gasteiger partial charge < -0.3 is 9.64 Å². The second kappa shape index (κ2) is 6.96. The summed E-state index contributed by atoms with van der Waals surface area (Å²) in [4.78, 5) is 13.7. The number of ether oxygens (including phenoxy) is 1. The van der Waals surface area contributed by atoms with Crippen molar-refractivity contribution in [3.05, 3.63) is 0 Å². The molecule has 0 N–H and O–H groups in total. The number of hydrogen-bond donors (Lipinski definition) is 0. The molecule has 0 aliphatic carbocycles. The van der Waals surface area contributed by atoms with E-state index in [1.54, 1.807) is 7.11 Å². The third kappa shape index (κ3) is 4.76. The predicted molar refractivity (Wildman–Crippen MR) is 61.0 cm³/mol. The molecule has 0 spiro atoms. The second-order valence-corrected chi connectivity index (χ2v) is 4.47. The quantitative estimate of drug-likeness (QED) is 0.629. The standard InChI is InChI=1S/C12H23NO2/c1-11-10-13(8-6-12(11)14)7-4-3-5-9-15-2/h11H,3-10H2,1-2H3. The fourth-order valence-corrected chi connectivity index (χ4v) is 2.06. The van der Waals surface area contributed by atoms with Gasteiger partial charge in [0.2, 0.25) is 0 Å². The maximum Gasteiger partial charge on any atom is 0.138 e. The van der Waals surface area contributed by atoms with Gasteiger partial charge in [0, 0.05) is 39.1 Å². The summed E-state index contributed by atoms with van der Waals surface area (Å²) in [6.07, 6.45) is 4.36. The third-order valence-electron chi connectivity index (χ3n) is 3.08. The van der Waals surface area contributed by atoms with Gasteiger partial charge >= 0.3 is 0 Å². The van der Waals surface area contributed by atoms with Crippen LogP contribution < -0.4 is 0 Å². The van der Waals surface area contributed by atoms with Gasteiger partial charge in [-0.1, -0.05) is 6.92 Å². The number of carbonyl (C=O) groups excluding carboxylic acids is 1. The number of rotatable bonds is 6. The zero-order valence-electron chi connectivity index (χ0n) is 10.00. The first-order chi connectivity index (χ1) is 7.24. The Morgan fingerprint density at radius 1 is 1.40 bits per heavy atom. The lowest BCUT2D eigenvalue weighted by Crippen LogP contribution is -2.39.